The van der Waals surface area contributed by atoms with Crippen molar-refractivity contribution in [1.29, 1.82) is 0 Å². The maximum atomic E-state index is 12.5. The van der Waals surface area contributed by atoms with Crippen molar-refractivity contribution in [3.63, 3.8) is 0 Å². The largest absolute Gasteiger partial charge is 0.462 e. The molecule has 2 rings (SSSR count). The van der Waals surface area contributed by atoms with E-state index in [0.717, 1.165) is 13.1 Å². The van der Waals surface area contributed by atoms with Crippen LogP contribution in [0.2, 0.25) is 0 Å². The summed E-state index contributed by atoms with van der Waals surface area (Å²) in [5.41, 5.74) is -0.318. The van der Waals surface area contributed by atoms with E-state index in [1.165, 1.54) is 18.6 Å². The predicted octanol–water partition coefficient (Wildman–Crippen LogP) is 2.78. The molecule has 0 spiro atoms. The molecule has 0 amide bonds. The van der Waals surface area contributed by atoms with Gasteiger partial charge in [0.05, 0.1) is 0 Å². The first kappa shape index (κ1) is 15.4. The van der Waals surface area contributed by atoms with Gasteiger partial charge in [-0.1, -0.05) is 0 Å². The quantitative estimate of drug-likeness (QED) is 0.791. The van der Waals surface area contributed by atoms with Crippen LogP contribution >= 0.6 is 0 Å². The maximum Gasteiger partial charge on any atom is 0.293 e. The van der Waals surface area contributed by atoms with Gasteiger partial charge in [0, 0.05) is 13.1 Å². The summed E-state index contributed by atoms with van der Waals surface area (Å²) in [7, 11) is 0. The molecule has 0 aromatic heterocycles. The van der Waals surface area contributed by atoms with Gasteiger partial charge in [-0.2, -0.15) is 0 Å². The number of carbonyl (C=O) groups is 1. The Morgan fingerprint density at radius 3 is 2.11 bits per heavy atom. The predicted molar refractivity (Wildman–Crippen MR) is 70.1 cm³/mol. The van der Waals surface area contributed by atoms with Crippen LogP contribution < -0.4 is 4.84 Å². The van der Waals surface area contributed by atoms with E-state index in [4.69, 9.17) is 4.84 Å². The van der Waals surface area contributed by atoms with Gasteiger partial charge in [0.2, 0.25) is 0 Å². The number of nitrogens with zero attached hydrogens (tertiary/aromatic N) is 1. The van der Waals surface area contributed by atoms with Gasteiger partial charge in [-0.25, -0.2) is 4.39 Å². The molecule has 1 aromatic rings. The lowest BCUT2D eigenvalue weighted by molar-refractivity contribution is -0.138. The van der Waals surface area contributed by atoms with Crippen LogP contribution in [0.1, 0.15) is 27.2 Å². The van der Waals surface area contributed by atoms with E-state index >= 15 is 0 Å². The number of carbonyl (C=O) groups excluding carboxylic acids is 1. The summed E-state index contributed by atoms with van der Waals surface area (Å²) in [6.45, 7) is 7.86. The summed E-state index contributed by atoms with van der Waals surface area (Å²) in [4.78, 5) is 15.0. The summed E-state index contributed by atoms with van der Waals surface area (Å²) < 4.78 is 17.0. The zero-order valence-electron chi connectivity index (χ0n) is 11.6. The fourth-order valence-corrected chi connectivity index (χ4v) is 1.17. The zero-order valence-corrected chi connectivity index (χ0v) is 11.6. The molecule has 0 radical (unpaired) electrons. The molecule has 0 aliphatic carbocycles. The van der Waals surface area contributed by atoms with Crippen molar-refractivity contribution in [3.8, 4) is 5.75 Å². The van der Waals surface area contributed by atoms with Crippen LogP contribution in [0, 0.1) is 5.82 Å². The highest BCUT2D eigenvalue weighted by atomic mass is 19.1. The van der Waals surface area contributed by atoms with Crippen molar-refractivity contribution >= 4 is 6.47 Å². The van der Waals surface area contributed by atoms with Crippen molar-refractivity contribution in [2.75, 3.05) is 13.1 Å². The Labute approximate surface area is 113 Å². The number of hydroxylamine groups is 2. The molecule has 19 heavy (non-hydrogen) atoms. The zero-order chi connectivity index (χ0) is 14.3. The molecule has 0 unspecified atom stereocenters. The third kappa shape index (κ3) is 6.76. The van der Waals surface area contributed by atoms with E-state index in [1.807, 2.05) is 25.8 Å². The van der Waals surface area contributed by atoms with Crippen molar-refractivity contribution in [3.05, 3.63) is 30.1 Å². The molecule has 5 heteroatoms. The summed E-state index contributed by atoms with van der Waals surface area (Å²) in [5, 5.41) is 1.85. The molecular formula is C14H20FNO3. The third-order valence-corrected chi connectivity index (χ3v) is 2.26. The Kier molecular flexibility index (Phi) is 5.76. The smallest absolute Gasteiger partial charge is 0.293 e. The number of ether oxygens (including phenoxy) is 1. The molecule has 0 bridgehead atoms. The number of benzene rings is 1. The Morgan fingerprint density at radius 2 is 1.79 bits per heavy atom. The topological polar surface area (TPSA) is 38.8 Å². The average Bonchev–Trinajstić information content (AvgIpc) is 2.25. The van der Waals surface area contributed by atoms with Gasteiger partial charge in [0.15, 0.2) is 0 Å². The number of halogens is 1. The lowest BCUT2D eigenvalue weighted by Gasteiger charge is -2.29. The van der Waals surface area contributed by atoms with E-state index in [9.17, 15) is 9.18 Å². The maximum absolute atomic E-state index is 12.5. The minimum absolute atomic E-state index is 0.231. The Bertz CT molecular complexity index is 383. The summed E-state index contributed by atoms with van der Waals surface area (Å²) >= 11 is 0. The molecule has 106 valence electrons. The lowest BCUT2D eigenvalue weighted by Crippen LogP contribution is -2.39. The summed E-state index contributed by atoms with van der Waals surface area (Å²) in [6.07, 6.45) is 1.18. The molecular weight excluding hydrogens is 249 g/mol. The number of rotatable bonds is 3. The first-order valence-electron chi connectivity index (χ1n) is 6.21. The monoisotopic (exact) mass is 269 g/mol. The van der Waals surface area contributed by atoms with E-state index in [-0.39, 0.29) is 11.4 Å². The van der Waals surface area contributed by atoms with Gasteiger partial charge >= 0.3 is 0 Å². The minimum Gasteiger partial charge on any atom is -0.462 e. The minimum atomic E-state index is -0.318. The molecule has 1 fully saturated rings. The molecule has 1 heterocycles. The highest BCUT2D eigenvalue weighted by molar-refractivity contribution is 5.37. The van der Waals surface area contributed by atoms with Crippen molar-refractivity contribution in [2.45, 2.75) is 32.8 Å². The van der Waals surface area contributed by atoms with Gasteiger partial charge in [-0.15, -0.1) is 5.06 Å². The standard InChI is InChI=1S/C9H10FNO.C5H10O2/c10-8-2-4-9(5-3-8)12-11-6-1-7-11;1-5(2,3)7-4-6/h2-5H,1,6-7H2;4H,1-3H3. The lowest BCUT2D eigenvalue weighted by atomic mass is 10.2. The number of hydrogen-bond donors (Lipinski definition) is 0. The van der Waals surface area contributed by atoms with Crippen LogP contribution in [-0.4, -0.2) is 30.2 Å². The average molecular weight is 269 g/mol. The van der Waals surface area contributed by atoms with Crippen LogP contribution in [0.15, 0.2) is 24.3 Å². The molecule has 1 aliphatic rings. The van der Waals surface area contributed by atoms with Crippen LogP contribution in [0.3, 0.4) is 0 Å². The van der Waals surface area contributed by atoms with Crippen LogP contribution in [0.5, 0.6) is 5.75 Å². The van der Waals surface area contributed by atoms with Crippen LogP contribution in [-0.2, 0) is 9.53 Å². The van der Waals surface area contributed by atoms with Crippen LogP contribution in [0.25, 0.3) is 0 Å². The van der Waals surface area contributed by atoms with Gasteiger partial charge < -0.3 is 9.57 Å². The molecule has 1 aromatic carbocycles. The second-order valence-corrected chi connectivity index (χ2v) is 5.15. The molecule has 1 aliphatic heterocycles. The van der Waals surface area contributed by atoms with Gasteiger partial charge in [-0.05, 0) is 51.5 Å². The summed E-state index contributed by atoms with van der Waals surface area (Å²) in [5.74, 6) is 0.474. The Hall–Kier alpha value is -1.62. The number of hydrogen-bond acceptors (Lipinski definition) is 4. The van der Waals surface area contributed by atoms with E-state index in [1.54, 1.807) is 12.1 Å². The van der Waals surface area contributed by atoms with Crippen LogP contribution in [0.4, 0.5) is 4.39 Å². The highest BCUT2D eigenvalue weighted by Gasteiger charge is 2.15. The van der Waals surface area contributed by atoms with Crippen molar-refractivity contribution in [2.24, 2.45) is 0 Å². The highest BCUT2D eigenvalue weighted by Crippen LogP contribution is 2.15. The summed E-state index contributed by atoms with van der Waals surface area (Å²) in [6, 6.07) is 6.06. The molecule has 0 saturated carbocycles. The fraction of sp³-hybridized carbons (Fsp3) is 0.500. The second-order valence-electron chi connectivity index (χ2n) is 5.15. The fourth-order valence-electron chi connectivity index (χ4n) is 1.17. The molecule has 0 N–H and O–H groups in total. The molecule has 0 atom stereocenters. The van der Waals surface area contributed by atoms with Crippen molar-refractivity contribution in [1.82, 2.24) is 5.06 Å². The second kappa shape index (κ2) is 7.09. The van der Waals surface area contributed by atoms with Crippen molar-refractivity contribution < 1.29 is 18.8 Å². The van der Waals surface area contributed by atoms with E-state index in [0.29, 0.717) is 12.2 Å². The first-order chi connectivity index (χ1) is 8.90. The Morgan fingerprint density at radius 1 is 1.21 bits per heavy atom. The van der Waals surface area contributed by atoms with E-state index < -0.39 is 0 Å². The van der Waals surface area contributed by atoms with Gasteiger partial charge in [0.25, 0.3) is 6.47 Å². The first-order valence-corrected chi connectivity index (χ1v) is 6.21. The van der Waals surface area contributed by atoms with Gasteiger partial charge in [0.1, 0.15) is 17.2 Å². The SMILES string of the molecule is CC(C)(C)OC=O.Fc1ccc(ON2CCC2)cc1. The molecule has 1 saturated heterocycles. The third-order valence-electron chi connectivity index (χ3n) is 2.26. The normalized spacial score (nSPS) is 14.7. The van der Waals surface area contributed by atoms with E-state index in [2.05, 4.69) is 4.74 Å². The Balaban J connectivity index is 0.000000224. The van der Waals surface area contributed by atoms with Gasteiger partial charge in [-0.3, -0.25) is 4.79 Å². The molecule has 4 nitrogen and oxygen atoms in total.